The lowest BCUT2D eigenvalue weighted by molar-refractivity contribution is 0.220. The van der Waals surface area contributed by atoms with Crippen LogP contribution in [0.4, 0.5) is 0 Å². The van der Waals surface area contributed by atoms with Crippen LogP contribution in [0.25, 0.3) is 0 Å². The molecule has 2 nitrogen and oxygen atoms in total. The summed E-state index contributed by atoms with van der Waals surface area (Å²) >= 11 is 1.62. The molecule has 0 spiro atoms. The average Bonchev–Trinajstić information content (AvgIpc) is 2.74. The first-order valence-corrected chi connectivity index (χ1v) is 6.84. The Morgan fingerprint density at radius 1 is 1.06 bits per heavy atom. The van der Waals surface area contributed by atoms with Crippen molar-refractivity contribution in [2.45, 2.75) is 26.9 Å². The number of hydrogen-bond donors (Lipinski definition) is 1. The van der Waals surface area contributed by atoms with Crippen molar-refractivity contribution in [2.24, 2.45) is 0 Å². The van der Waals surface area contributed by atoms with Crippen LogP contribution >= 0.6 is 11.3 Å². The molecule has 0 aliphatic carbocycles. The van der Waals surface area contributed by atoms with Gasteiger partial charge < -0.3 is 9.84 Å². The summed E-state index contributed by atoms with van der Waals surface area (Å²) in [6.45, 7) is 6.03. The van der Waals surface area contributed by atoms with Crippen molar-refractivity contribution in [2.75, 3.05) is 7.11 Å². The molecule has 0 amide bonds. The molecule has 96 valence electrons. The van der Waals surface area contributed by atoms with E-state index in [1.54, 1.807) is 18.4 Å². The Morgan fingerprint density at radius 3 is 2.11 bits per heavy atom. The summed E-state index contributed by atoms with van der Waals surface area (Å²) in [5.74, 6) is 0.896. The molecule has 1 atom stereocenters. The summed E-state index contributed by atoms with van der Waals surface area (Å²) in [6, 6.07) is 3.99. The number of rotatable bonds is 3. The highest BCUT2D eigenvalue weighted by molar-refractivity contribution is 7.08. The average molecular weight is 262 g/mol. The van der Waals surface area contributed by atoms with Crippen molar-refractivity contribution in [1.29, 1.82) is 0 Å². The van der Waals surface area contributed by atoms with Crippen LogP contribution < -0.4 is 4.74 Å². The fraction of sp³-hybridized carbons (Fsp3) is 0.333. The van der Waals surface area contributed by atoms with E-state index in [1.165, 1.54) is 0 Å². The van der Waals surface area contributed by atoms with Crippen LogP contribution in [0.3, 0.4) is 0 Å². The molecule has 2 rings (SSSR count). The Labute approximate surface area is 112 Å². The topological polar surface area (TPSA) is 29.5 Å². The van der Waals surface area contributed by atoms with Gasteiger partial charge in [-0.1, -0.05) is 0 Å². The van der Waals surface area contributed by atoms with Gasteiger partial charge in [0.1, 0.15) is 11.9 Å². The molecule has 0 fully saturated rings. The number of benzene rings is 1. The van der Waals surface area contributed by atoms with Crippen molar-refractivity contribution in [3.05, 3.63) is 50.7 Å². The van der Waals surface area contributed by atoms with Crippen LogP contribution in [-0.2, 0) is 0 Å². The summed E-state index contributed by atoms with van der Waals surface area (Å²) in [5, 5.41) is 14.5. The molecule has 0 saturated carbocycles. The highest BCUT2D eigenvalue weighted by atomic mass is 32.1. The van der Waals surface area contributed by atoms with E-state index in [0.717, 1.165) is 33.6 Å². The Bertz CT molecular complexity index is 534. The van der Waals surface area contributed by atoms with Crippen LogP contribution in [0.1, 0.15) is 33.9 Å². The van der Waals surface area contributed by atoms with Gasteiger partial charge in [-0.25, -0.2) is 0 Å². The van der Waals surface area contributed by atoms with Crippen LogP contribution in [0, 0.1) is 20.8 Å². The maximum atomic E-state index is 10.4. The number of aliphatic hydroxyl groups is 1. The first-order chi connectivity index (χ1) is 8.54. The van der Waals surface area contributed by atoms with E-state index in [2.05, 4.69) is 5.38 Å². The van der Waals surface area contributed by atoms with Crippen LogP contribution in [0.5, 0.6) is 5.75 Å². The van der Waals surface area contributed by atoms with E-state index in [1.807, 2.05) is 38.3 Å². The fourth-order valence-electron chi connectivity index (χ4n) is 2.29. The van der Waals surface area contributed by atoms with Crippen molar-refractivity contribution in [3.63, 3.8) is 0 Å². The van der Waals surface area contributed by atoms with Gasteiger partial charge >= 0.3 is 0 Å². The lowest BCUT2D eigenvalue weighted by atomic mass is 9.97. The second-order valence-electron chi connectivity index (χ2n) is 4.60. The second kappa shape index (κ2) is 5.12. The van der Waals surface area contributed by atoms with Crippen molar-refractivity contribution < 1.29 is 9.84 Å². The number of aliphatic hydroxyl groups excluding tert-OH is 1. The Morgan fingerprint density at radius 2 is 1.67 bits per heavy atom. The molecule has 0 aliphatic heterocycles. The highest BCUT2D eigenvalue weighted by Crippen LogP contribution is 2.32. The highest BCUT2D eigenvalue weighted by Gasteiger charge is 2.16. The van der Waals surface area contributed by atoms with Gasteiger partial charge in [-0.2, -0.15) is 11.3 Å². The maximum Gasteiger partial charge on any atom is 0.124 e. The molecule has 1 aromatic heterocycles. The van der Waals surface area contributed by atoms with Crippen LogP contribution in [-0.4, -0.2) is 12.2 Å². The molecular formula is C15H18O2S. The van der Waals surface area contributed by atoms with E-state index in [4.69, 9.17) is 4.74 Å². The van der Waals surface area contributed by atoms with Gasteiger partial charge in [0.25, 0.3) is 0 Å². The lowest BCUT2D eigenvalue weighted by Crippen LogP contribution is -2.02. The van der Waals surface area contributed by atoms with Crippen LogP contribution in [0.2, 0.25) is 0 Å². The molecular weight excluding hydrogens is 244 g/mol. The number of methoxy groups -OCH3 is 1. The van der Waals surface area contributed by atoms with Gasteiger partial charge in [-0.05, 0) is 71.5 Å². The van der Waals surface area contributed by atoms with Gasteiger partial charge in [0.05, 0.1) is 7.11 Å². The molecule has 18 heavy (non-hydrogen) atoms. The summed E-state index contributed by atoms with van der Waals surface area (Å²) in [4.78, 5) is 0. The molecule has 2 aromatic rings. The molecule has 1 unspecified atom stereocenters. The number of hydrogen-bond acceptors (Lipinski definition) is 3. The maximum absolute atomic E-state index is 10.4. The normalized spacial score (nSPS) is 12.5. The second-order valence-corrected chi connectivity index (χ2v) is 5.34. The fourth-order valence-corrected chi connectivity index (χ4v) is 3.16. The molecule has 1 N–H and O–H groups in total. The quantitative estimate of drug-likeness (QED) is 0.912. The summed E-state index contributed by atoms with van der Waals surface area (Å²) in [5.41, 5.74) is 5.16. The summed E-state index contributed by atoms with van der Waals surface area (Å²) in [6.07, 6.45) is -0.556. The van der Waals surface area contributed by atoms with Gasteiger partial charge in [0, 0.05) is 0 Å². The minimum absolute atomic E-state index is 0.556. The molecule has 0 aliphatic rings. The van der Waals surface area contributed by atoms with E-state index < -0.39 is 6.10 Å². The first-order valence-electron chi connectivity index (χ1n) is 5.90. The van der Waals surface area contributed by atoms with Gasteiger partial charge in [0.15, 0.2) is 0 Å². The Hall–Kier alpha value is -1.32. The zero-order valence-corrected chi connectivity index (χ0v) is 12.0. The van der Waals surface area contributed by atoms with Crippen molar-refractivity contribution in [1.82, 2.24) is 0 Å². The third-order valence-electron chi connectivity index (χ3n) is 3.19. The van der Waals surface area contributed by atoms with Crippen LogP contribution in [0.15, 0.2) is 22.9 Å². The smallest absolute Gasteiger partial charge is 0.124 e. The third-order valence-corrected chi connectivity index (χ3v) is 4.07. The van der Waals surface area contributed by atoms with E-state index in [9.17, 15) is 5.11 Å². The molecule has 3 heteroatoms. The first kappa shape index (κ1) is 13.1. The lowest BCUT2D eigenvalue weighted by Gasteiger charge is -2.15. The predicted molar refractivity (Wildman–Crippen MR) is 75.6 cm³/mol. The number of thiophene rings is 1. The SMILES string of the molecule is COc1c(C)cc(C(O)c2cscc2C)cc1C. The molecule has 1 heterocycles. The molecule has 1 aromatic carbocycles. The zero-order valence-electron chi connectivity index (χ0n) is 11.2. The largest absolute Gasteiger partial charge is 0.496 e. The Balaban J connectivity index is 2.43. The molecule has 0 radical (unpaired) electrons. The van der Waals surface area contributed by atoms with Gasteiger partial charge in [-0.15, -0.1) is 0 Å². The summed E-state index contributed by atoms with van der Waals surface area (Å²) < 4.78 is 5.35. The summed E-state index contributed by atoms with van der Waals surface area (Å²) in [7, 11) is 1.68. The predicted octanol–water partition coefficient (Wildman–Crippen LogP) is 3.76. The van der Waals surface area contributed by atoms with Gasteiger partial charge in [0.2, 0.25) is 0 Å². The third kappa shape index (κ3) is 2.28. The van der Waals surface area contributed by atoms with Crippen molar-refractivity contribution >= 4 is 11.3 Å². The van der Waals surface area contributed by atoms with Crippen molar-refractivity contribution in [3.8, 4) is 5.75 Å². The standard InChI is InChI=1S/C15H18O2S/c1-9-5-12(6-10(2)15(9)17-4)14(16)13-8-18-7-11(13)3/h5-8,14,16H,1-4H3. The monoisotopic (exact) mass is 262 g/mol. The Kier molecular flexibility index (Phi) is 3.73. The molecule has 0 saturated heterocycles. The zero-order chi connectivity index (χ0) is 13.3. The number of aryl methyl sites for hydroxylation is 3. The van der Waals surface area contributed by atoms with E-state index >= 15 is 0 Å². The van der Waals surface area contributed by atoms with Gasteiger partial charge in [-0.3, -0.25) is 0 Å². The minimum atomic E-state index is -0.556. The van der Waals surface area contributed by atoms with E-state index in [-0.39, 0.29) is 0 Å². The molecule has 0 bridgehead atoms. The van der Waals surface area contributed by atoms with E-state index in [0.29, 0.717) is 0 Å². The number of ether oxygens (including phenoxy) is 1. The minimum Gasteiger partial charge on any atom is -0.496 e.